The monoisotopic (exact) mass is 506 g/mol. The van der Waals surface area contributed by atoms with Gasteiger partial charge >= 0.3 is 5.97 Å². The summed E-state index contributed by atoms with van der Waals surface area (Å²) in [5, 5.41) is 6.34. The minimum atomic E-state index is -1.08. The molecule has 3 rings (SSSR count). The van der Waals surface area contributed by atoms with E-state index < -0.39 is 23.5 Å². The largest absolute Gasteiger partial charge is 0.353 e. The highest BCUT2D eigenvalue weighted by Gasteiger charge is 2.31. The normalized spacial score (nSPS) is 16.4. The molecule has 0 radical (unpaired) electrons. The molecule has 0 aliphatic carbocycles. The molecule has 4 nitrogen and oxygen atoms in total. The fraction of sp³-hybridized carbons (Fsp3) is 0.125. The number of hydrogen-bond acceptors (Lipinski definition) is 4. The molecule has 1 aliphatic rings. The van der Waals surface area contributed by atoms with E-state index in [1.165, 1.54) is 12.3 Å². The first-order valence-corrected chi connectivity index (χ1v) is 8.70. The van der Waals surface area contributed by atoms with Crippen molar-refractivity contribution in [2.75, 3.05) is 5.32 Å². The van der Waals surface area contributed by atoms with Gasteiger partial charge in [-0.25, -0.2) is 13.6 Å². The number of nitrogens with zero attached hydrogens (tertiary/aromatic N) is 1. The first-order valence-electron chi connectivity index (χ1n) is 6.83. The van der Waals surface area contributed by atoms with Crippen molar-refractivity contribution in [3.8, 4) is 0 Å². The maximum atomic E-state index is 14.5. The van der Waals surface area contributed by atoms with Gasteiger partial charge in [0.05, 0.1) is 16.4 Å². The van der Waals surface area contributed by atoms with Gasteiger partial charge in [0.1, 0.15) is 5.92 Å². The Hall–Kier alpha value is -1.55. The van der Waals surface area contributed by atoms with E-state index in [0.717, 1.165) is 9.13 Å². The minimum Gasteiger partial charge on any atom is -0.353 e. The number of carbonyl (C=O) groups excluding carboxylic acids is 1. The number of benzene rings is 2. The minimum absolute atomic E-state index is 0.0759. The van der Waals surface area contributed by atoms with Crippen molar-refractivity contribution in [3.05, 3.63) is 55.1 Å². The standard InChI is InChI=1S/C16H10BrF2IN2O2/c1-7-4-8(20)2-3-12(7)22-15-9(10-6-21-24-16(10)23)5-11(17)13(18)14(15)19/h2-6,10,22H,1H3. The third-order valence-electron chi connectivity index (χ3n) is 3.58. The van der Waals surface area contributed by atoms with Gasteiger partial charge in [-0.2, -0.15) is 0 Å². The summed E-state index contributed by atoms with van der Waals surface area (Å²) in [6.07, 6.45) is 1.26. The fourth-order valence-corrected chi connectivity index (χ4v) is 3.42. The van der Waals surface area contributed by atoms with Crippen molar-refractivity contribution in [2.24, 2.45) is 5.16 Å². The van der Waals surface area contributed by atoms with E-state index in [4.69, 9.17) is 0 Å². The molecule has 1 atom stereocenters. The van der Waals surface area contributed by atoms with Crippen molar-refractivity contribution in [1.29, 1.82) is 0 Å². The summed E-state index contributed by atoms with van der Waals surface area (Å²) in [5.41, 5.74) is 1.60. The van der Waals surface area contributed by atoms with E-state index >= 15 is 0 Å². The van der Waals surface area contributed by atoms with Crippen molar-refractivity contribution >= 4 is 62.1 Å². The van der Waals surface area contributed by atoms with Gasteiger partial charge in [-0.15, -0.1) is 0 Å². The number of anilines is 2. The van der Waals surface area contributed by atoms with Crippen LogP contribution in [-0.2, 0) is 9.63 Å². The third kappa shape index (κ3) is 3.16. The molecular formula is C16H10BrF2IN2O2. The second kappa shape index (κ2) is 6.75. The number of rotatable bonds is 3. The Kier molecular flexibility index (Phi) is 4.86. The van der Waals surface area contributed by atoms with Gasteiger partial charge in [-0.05, 0) is 80.8 Å². The highest BCUT2D eigenvalue weighted by Crippen LogP contribution is 2.37. The van der Waals surface area contributed by atoms with Crippen LogP contribution < -0.4 is 5.32 Å². The van der Waals surface area contributed by atoms with Crippen molar-refractivity contribution in [3.63, 3.8) is 0 Å². The van der Waals surface area contributed by atoms with Gasteiger partial charge in [-0.3, -0.25) is 0 Å². The highest BCUT2D eigenvalue weighted by molar-refractivity contribution is 14.1. The van der Waals surface area contributed by atoms with Crippen LogP contribution in [0.3, 0.4) is 0 Å². The van der Waals surface area contributed by atoms with E-state index in [2.05, 4.69) is 53.8 Å². The summed E-state index contributed by atoms with van der Waals surface area (Å²) in [5.74, 6) is -3.66. The van der Waals surface area contributed by atoms with Gasteiger partial charge in [0.2, 0.25) is 0 Å². The van der Waals surface area contributed by atoms with Crippen LogP contribution in [0.2, 0.25) is 0 Å². The zero-order chi connectivity index (χ0) is 17.4. The Morgan fingerprint density at radius 2 is 2.04 bits per heavy atom. The maximum Gasteiger partial charge on any atom is 0.347 e. The van der Waals surface area contributed by atoms with Crippen molar-refractivity contribution in [2.45, 2.75) is 12.8 Å². The second-order valence-corrected chi connectivity index (χ2v) is 7.28. The molecule has 1 N–H and O–H groups in total. The molecule has 0 bridgehead atoms. The molecule has 0 fully saturated rings. The molecule has 0 amide bonds. The number of halogens is 4. The highest BCUT2D eigenvalue weighted by atomic mass is 127. The van der Waals surface area contributed by atoms with Crippen molar-refractivity contribution < 1.29 is 18.4 Å². The van der Waals surface area contributed by atoms with E-state index in [9.17, 15) is 13.6 Å². The van der Waals surface area contributed by atoms with Crippen molar-refractivity contribution in [1.82, 2.24) is 0 Å². The Labute approximate surface area is 158 Å². The van der Waals surface area contributed by atoms with E-state index in [0.29, 0.717) is 5.69 Å². The molecule has 1 aliphatic heterocycles. The average molecular weight is 507 g/mol. The molecular weight excluding hydrogens is 497 g/mol. The predicted molar refractivity (Wildman–Crippen MR) is 98.6 cm³/mol. The van der Waals surface area contributed by atoms with Gasteiger partial charge in [0, 0.05) is 9.26 Å². The summed E-state index contributed by atoms with van der Waals surface area (Å²) >= 11 is 5.13. The lowest BCUT2D eigenvalue weighted by Crippen LogP contribution is -2.13. The lowest BCUT2D eigenvalue weighted by atomic mass is 9.98. The van der Waals surface area contributed by atoms with Gasteiger partial charge in [0.25, 0.3) is 0 Å². The number of nitrogens with one attached hydrogen (secondary N) is 1. The second-order valence-electron chi connectivity index (χ2n) is 5.18. The topological polar surface area (TPSA) is 50.7 Å². The lowest BCUT2D eigenvalue weighted by molar-refractivity contribution is -0.141. The van der Waals surface area contributed by atoms with Crippen LogP contribution in [0.4, 0.5) is 20.2 Å². The molecule has 0 spiro atoms. The smallest absolute Gasteiger partial charge is 0.347 e. The number of oxime groups is 1. The third-order valence-corrected chi connectivity index (χ3v) is 4.83. The fourth-order valence-electron chi connectivity index (χ4n) is 2.36. The Bertz CT molecular complexity index is 874. The van der Waals surface area contributed by atoms with Crippen LogP contribution in [0.15, 0.2) is 33.9 Å². The Morgan fingerprint density at radius 3 is 2.67 bits per heavy atom. The van der Waals surface area contributed by atoms with Crippen LogP contribution in [0.1, 0.15) is 17.0 Å². The molecule has 1 heterocycles. The van der Waals surface area contributed by atoms with Gasteiger partial charge < -0.3 is 10.2 Å². The van der Waals surface area contributed by atoms with Gasteiger partial charge in [0.15, 0.2) is 11.6 Å². The number of aryl methyl sites for hydroxylation is 1. The SMILES string of the molecule is Cc1cc(I)ccc1Nc1c(C2C=NOC2=O)cc(Br)c(F)c1F. The van der Waals surface area contributed by atoms with Crippen LogP contribution in [-0.4, -0.2) is 12.2 Å². The van der Waals surface area contributed by atoms with E-state index in [-0.39, 0.29) is 15.7 Å². The molecule has 0 saturated carbocycles. The molecule has 1 unspecified atom stereocenters. The number of hydrogen-bond donors (Lipinski definition) is 1. The average Bonchev–Trinajstić information content (AvgIpc) is 2.95. The summed E-state index contributed by atoms with van der Waals surface area (Å²) in [4.78, 5) is 16.3. The summed E-state index contributed by atoms with van der Waals surface area (Å²) in [7, 11) is 0. The summed E-state index contributed by atoms with van der Waals surface area (Å²) in [6, 6.07) is 6.86. The molecule has 124 valence electrons. The molecule has 24 heavy (non-hydrogen) atoms. The quantitative estimate of drug-likeness (QED) is 0.361. The van der Waals surface area contributed by atoms with Crippen LogP contribution in [0.5, 0.6) is 0 Å². The van der Waals surface area contributed by atoms with E-state index in [1.807, 2.05) is 19.1 Å². The first-order chi connectivity index (χ1) is 11.4. The van der Waals surface area contributed by atoms with Crippen LogP contribution in [0.25, 0.3) is 0 Å². The van der Waals surface area contributed by atoms with Gasteiger partial charge in [-0.1, -0.05) is 5.16 Å². The molecule has 0 aromatic heterocycles. The Balaban J connectivity index is 2.13. The molecule has 2 aromatic rings. The molecule has 2 aromatic carbocycles. The van der Waals surface area contributed by atoms with Crippen LogP contribution in [0, 0.1) is 22.1 Å². The maximum absolute atomic E-state index is 14.5. The zero-order valence-corrected chi connectivity index (χ0v) is 16.0. The zero-order valence-electron chi connectivity index (χ0n) is 12.2. The first kappa shape index (κ1) is 17.3. The number of carbonyl (C=O) groups is 1. The Morgan fingerprint density at radius 1 is 1.29 bits per heavy atom. The molecule has 0 saturated heterocycles. The predicted octanol–water partition coefficient (Wildman–Crippen LogP) is 5.01. The molecule has 8 heteroatoms. The summed E-state index contributed by atoms with van der Waals surface area (Å²) < 4.78 is 29.5. The summed E-state index contributed by atoms with van der Waals surface area (Å²) in [6.45, 7) is 1.85. The van der Waals surface area contributed by atoms with E-state index in [1.54, 1.807) is 6.07 Å². The lowest BCUT2D eigenvalue weighted by Gasteiger charge is -2.17. The van der Waals surface area contributed by atoms with Crippen LogP contribution >= 0.6 is 38.5 Å².